The fourth-order valence-corrected chi connectivity index (χ4v) is 3.61. The molecule has 0 bridgehead atoms. The maximum absolute atomic E-state index is 12.9. The van der Waals surface area contributed by atoms with E-state index in [4.69, 9.17) is 23.2 Å². The van der Waals surface area contributed by atoms with Gasteiger partial charge >= 0.3 is 0 Å². The van der Waals surface area contributed by atoms with Crippen LogP contribution in [-0.2, 0) is 13.6 Å². The van der Waals surface area contributed by atoms with Crippen molar-refractivity contribution < 1.29 is 4.79 Å². The molecule has 0 aliphatic heterocycles. The summed E-state index contributed by atoms with van der Waals surface area (Å²) in [4.78, 5) is 17.4. The number of fused-ring (bicyclic) bond motifs is 1. The van der Waals surface area contributed by atoms with Gasteiger partial charge in [0, 0.05) is 18.9 Å². The molecule has 1 amide bonds. The summed E-state index contributed by atoms with van der Waals surface area (Å²) in [6.07, 6.45) is 3.37. The average molecular weight is 429 g/mol. The van der Waals surface area contributed by atoms with Crippen molar-refractivity contribution in [1.82, 2.24) is 24.5 Å². The number of halogens is 2. The number of carbonyl (C=O) groups is 1. The lowest BCUT2D eigenvalue weighted by atomic mass is 10.1. The topological polar surface area (TPSA) is 77.6 Å². The maximum Gasteiger partial charge on any atom is 0.256 e. The minimum absolute atomic E-state index is 0.231. The van der Waals surface area contributed by atoms with E-state index in [9.17, 15) is 4.79 Å². The van der Waals surface area contributed by atoms with Gasteiger partial charge in [0.05, 0.1) is 45.1 Å². The molecule has 3 heterocycles. The van der Waals surface area contributed by atoms with Gasteiger partial charge in [0.2, 0.25) is 0 Å². The highest BCUT2D eigenvalue weighted by molar-refractivity contribution is 6.42. The number of hydrogen-bond acceptors (Lipinski definition) is 4. The van der Waals surface area contributed by atoms with Crippen LogP contribution in [0.3, 0.4) is 0 Å². The van der Waals surface area contributed by atoms with Gasteiger partial charge < -0.3 is 5.32 Å². The first-order valence-corrected chi connectivity index (χ1v) is 9.66. The fraction of sp³-hybridized carbons (Fsp3) is 0.200. The van der Waals surface area contributed by atoms with E-state index in [-0.39, 0.29) is 5.91 Å². The molecule has 0 saturated heterocycles. The summed E-state index contributed by atoms with van der Waals surface area (Å²) in [5, 5.41) is 13.3. The van der Waals surface area contributed by atoms with Crippen molar-refractivity contribution in [2.45, 2.75) is 20.4 Å². The highest BCUT2D eigenvalue weighted by atomic mass is 35.5. The molecule has 0 unspecified atom stereocenters. The molecule has 29 heavy (non-hydrogen) atoms. The Balaban J connectivity index is 1.57. The number of carbonyl (C=O) groups excluding carboxylic acids is 1. The zero-order valence-corrected chi connectivity index (χ0v) is 17.6. The van der Waals surface area contributed by atoms with Crippen molar-refractivity contribution >= 4 is 45.8 Å². The molecule has 3 aromatic heterocycles. The second-order valence-corrected chi connectivity index (χ2v) is 7.66. The third-order valence-electron chi connectivity index (χ3n) is 4.56. The van der Waals surface area contributed by atoms with E-state index < -0.39 is 0 Å². The highest BCUT2D eigenvalue weighted by Gasteiger charge is 2.18. The van der Waals surface area contributed by atoms with E-state index in [1.807, 2.05) is 27.0 Å². The third kappa shape index (κ3) is 3.83. The molecular weight excluding hydrogens is 411 g/mol. The lowest BCUT2D eigenvalue weighted by molar-refractivity contribution is 0.102. The SMILES string of the molecule is Cc1cc(C(=O)Nc2cnn(Cc3ccc(Cl)c(Cl)c3)c2)c2c(C)nn(C)c2n1. The van der Waals surface area contributed by atoms with E-state index in [0.717, 1.165) is 22.3 Å². The molecule has 148 valence electrons. The summed E-state index contributed by atoms with van der Waals surface area (Å²) in [6, 6.07) is 7.20. The summed E-state index contributed by atoms with van der Waals surface area (Å²) >= 11 is 12.0. The summed E-state index contributed by atoms with van der Waals surface area (Å²) in [5.74, 6) is -0.231. The van der Waals surface area contributed by atoms with E-state index in [2.05, 4.69) is 20.5 Å². The van der Waals surface area contributed by atoms with Crippen LogP contribution in [0.25, 0.3) is 11.0 Å². The summed E-state index contributed by atoms with van der Waals surface area (Å²) in [6.45, 7) is 4.23. The molecule has 0 fully saturated rings. The van der Waals surface area contributed by atoms with Crippen molar-refractivity contribution in [3.63, 3.8) is 0 Å². The minimum atomic E-state index is -0.231. The number of aryl methyl sites for hydroxylation is 3. The van der Waals surface area contributed by atoms with E-state index in [0.29, 0.717) is 33.5 Å². The molecule has 1 N–H and O–H groups in total. The number of benzene rings is 1. The average Bonchev–Trinajstić information content (AvgIpc) is 3.21. The van der Waals surface area contributed by atoms with Crippen molar-refractivity contribution in [2.24, 2.45) is 7.05 Å². The normalized spacial score (nSPS) is 11.2. The lowest BCUT2D eigenvalue weighted by Crippen LogP contribution is -2.13. The molecule has 0 aliphatic rings. The molecule has 0 spiro atoms. The van der Waals surface area contributed by atoms with Gasteiger partial charge in [0.25, 0.3) is 5.91 Å². The van der Waals surface area contributed by atoms with Crippen molar-refractivity contribution in [1.29, 1.82) is 0 Å². The molecule has 4 aromatic rings. The summed E-state index contributed by atoms with van der Waals surface area (Å²) in [5.41, 5.74) is 4.28. The Hall–Kier alpha value is -2.90. The van der Waals surface area contributed by atoms with Crippen LogP contribution in [0.1, 0.15) is 27.3 Å². The van der Waals surface area contributed by atoms with Crippen molar-refractivity contribution in [3.05, 3.63) is 69.2 Å². The van der Waals surface area contributed by atoms with Gasteiger partial charge in [0.1, 0.15) is 0 Å². The van der Waals surface area contributed by atoms with Crippen LogP contribution in [0.5, 0.6) is 0 Å². The van der Waals surface area contributed by atoms with Gasteiger partial charge in [-0.15, -0.1) is 0 Å². The minimum Gasteiger partial charge on any atom is -0.319 e. The van der Waals surface area contributed by atoms with Crippen LogP contribution in [0, 0.1) is 13.8 Å². The first-order chi connectivity index (χ1) is 13.8. The Bertz CT molecular complexity index is 1240. The number of rotatable bonds is 4. The first-order valence-electron chi connectivity index (χ1n) is 8.90. The van der Waals surface area contributed by atoms with Gasteiger partial charge in [-0.1, -0.05) is 29.3 Å². The van der Waals surface area contributed by atoms with E-state index >= 15 is 0 Å². The lowest BCUT2D eigenvalue weighted by Gasteiger charge is -2.06. The number of aromatic nitrogens is 5. The number of amides is 1. The molecule has 4 rings (SSSR count). The summed E-state index contributed by atoms with van der Waals surface area (Å²) in [7, 11) is 1.82. The van der Waals surface area contributed by atoms with Gasteiger partial charge in [0.15, 0.2) is 5.65 Å². The number of hydrogen-bond donors (Lipinski definition) is 1. The number of nitrogens with zero attached hydrogens (tertiary/aromatic N) is 5. The van der Waals surface area contributed by atoms with Crippen LogP contribution < -0.4 is 5.32 Å². The first kappa shape index (κ1) is 19.4. The zero-order chi connectivity index (χ0) is 20.7. The van der Waals surface area contributed by atoms with Crippen LogP contribution >= 0.6 is 23.2 Å². The Kier molecular flexibility index (Phi) is 5.02. The Morgan fingerprint density at radius 2 is 1.97 bits per heavy atom. The molecule has 7 nitrogen and oxygen atoms in total. The van der Waals surface area contributed by atoms with Gasteiger partial charge in [-0.3, -0.25) is 14.2 Å². The second-order valence-electron chi connectivity index (χ2n) is 6.85. The van der Waals surface area contributed by atoms with Crippen LogP contribution in [0.4, 0.5) is 5.69 Å². The Labute approximate surface area is 177 Å². The molecular formula is C20H18Cl2N6O. The fourth-order valence-electron chi connectivity index (χ4n) is 3.29. The standard InChI is InChI=1S/C20H18Cl2N6O/c1-11-6-15(18-12(2)26-27(3)19(18)24-11)20(29)25-14-8-23-28(10-14)9-13-4-5-16(21)17(22)7-13/h4-8,10H,9H2,1-3H3,(H,25,29). The third-order valence-corrected chi connectivity index (χ3v) is 5.30. The molecule has 1 aromatic carbocycles. The van der Waals surface area contributed by atoms with E-state index in [1.165, 1.54) is 0 Å². The Morgan fingerprint density at radius 1 is 1.17 bits per heavy atom. The number of nitrogens with one attached hydrogen (secondary N) is 1. The quantitative estimate of drug-likeness (QED) is 0.522. The maximum atomic E-state index is 12.9. The monoisotopic (exact) mass is 428 g/mol. The predicted molar refractivity (Wildman–Crippen MR) is 114 cm³/mol. The van der Waals surface area contributed by atoms with Gasteiger partial charge in [-0.25, -0.2) is 4.98 Å². The molecule has 9 heteroatoms. The van der Waals surface area contributed by atoms with Crippen LogP contribution in [0.2, 0.25) is 10.0 Å². The molecule has 0 radical (unpaired) electrons. The van der Waals surface area contributed by atoms with Gasteiger partial charge in [-0.05, 0) is 37.6 Å². The van der Waals surface area contributed by atoms with Crippen LogP contribution in [-0.4, -0.2) is 30.5 Å². The van der Waals surface area contributed by atoms with Crippen molar-refractivity contribution in [3.8, 4) is 0 Å². The molecule has 0 aliphatic carbocycles. The molecule has 0 saturated carbocycles. The largest absolute Gasteiger partial charge is 0.319 e. The van der Waals surface area contributed by atoms with Crippen LogP contribution in [0.15, 0.2) is 36.7 Å². The smallest absolute Gasteiger partial charge is 0.256 e. The number of pyridine rings is 1. The highest BCUT2D eigenvalue weighted by Crippen LogP contribution is 2.24. The Morgan fingerprint density at radius 3 is 2.72 bits per heavy atom. The summed E-state index contributed by atoms with van der Waals surface area (Å²) < 4.78 is 3.40. The van der Waals surface area contributed by atoms with E-state index in [1.54, 1.807) is 40.0 Å². The number of anilines is 1. The molecule has 0 atom stereocenters. The van der Waals surface area contributed by atoms with Crippen molar-refractivity contribution in [2.75, 3.05) is 5.32 Å². The zero-order valence-electron chi connectivity index (χ0n) is 16.1. The van der Waals surface area contributed by atoms with Gasteiger partial charge in [-0.2, -0.15) is 10.2 Å². The second kappa shape index (κ2) is 7.50. The predicted octanol–water partition coefficient (Wildman–Crippen LogP) is 4.39.